The van der Waals surface area contributed by atoms with Gasteiger partial charge in [-0.05, 0) is 55.5 Å². The molecular formula is C18H29ClN2O3. The first kappa shape index (κ1) is 20.6. The Morgan fingerprint density at radius 3 is 2.67 bits per heavy atom. The molecule has 0 aliphatic heterocycles. The van der Waals surface area contributed by atoms with Crippen LogP contribution in [0.15, 0.2) is 18.2 Å². The maximum Gasteiger partial charge on any atom is 0.220 e. The molecule has 1 aliphatic rings. The van der Waals surface area contributed by atoms with E-state index in [4.69, 9.17) is 15.2 Å². The van der Waals surface area contributed by atoms with E-state index in [2.05, 4.69) is 5.32 Å². The quantitative estimate of drug-likeness (QED) is 0.787. The fourth-order valence-electron chi connectivity index (χ4n) is 3.28. The van der Waals surface area contributed by atoms with Gasteiger partial charge < -0.3 is 20.5 Å². The zero-order valence-corrected chi connectivity index (χ0v) is 15.4. The Hall–Kier alpha value is -1.46. The van der Waals surface area contributed by atoms with Gasteiger partial charge in [-0.15, -0.1) is 12.4 Å². The standard InChI is InChI=1S/C18H28N2O3.ClH/c1-22-15-8-9-17(23-2)13(11-15)7-10-18(21)20-16-6-4-3-5-14(16)12-19;/h8-9,11,14,16H,3-7,10,12,19H2,1-2H3,(H,20,21);1H. The van der Waals surface area contributed by atoms with Gasteiger partial charge in [-0.25, -0.2) is 0 Å². The smallest absolute Gasteiger partial charge is 0.220 e. The molecule has 24 heavy (non-hydrogen) atoms. The van der Waals surface area contributed by atoms with E-state index < -0.39 is 0 Å². The van der Waals surface area contributed by atoms with Crippen molar-refractivity contribution in [3.63, 3.8) is 0 Å². The second-order valence-electron chi connectivity index (χ2n) is 6.13. The lowest BCUT2D eigenvalue weighted by Crippen LogP contribution is -2.44. The molecule has 1 saturated carbocycles. The molecule has 1 aliphatic carbocycles. The number of carbonyl (C=O) groups excluding carboxylic acids is 1. The van der Waals surface area contributed by atoms with Crippen molar-refractivity contribution in [2.24, 2.45) is 11.7 Å². The zero-order valence-electron chi connectivity index (χ0n) is 14.5. The van der Waals surface area contributed by atoms with Gasteiger partial charge >= 0.3 is 0 Å². The van der Waals surface area contributed by atoms with Crippen LogP contribution in [0.4, 0.5) is 0 Å². The third-order valence-electron chi connectivity index (χ3n) is 4.67. The number of carbonyl (C=O) groups is 1. The summed E-state index contributed by atoms with van der Waals surface area (Å²) in [4.78, 5) is 12.3. The highest BCUT2D eigenvalue weighted by Gasteiger charge is 2.25. The van der Waals surface area contributed by atoms with Crippen LogP contribution in [0.3, 0.4) is 0 Å². The van der Waals surface area contributed by atoms with Crippen LogP contribution < -0.4 is 20.5 Å². The van der Waals surface area contributed by atoms with Gasteiger partial charge in [0.25, 0.3) is 0 Å². The van der Waals surface area contributed by atoms with Gasteiger partial charge in [0.1, 0.15) is 11.5 Å². The number of rotatable bonds is 7. The average molecular weight is 357 g/mol. The number of amides is 1. The van der Waals surface area contributed by atoms with Crippen LogP contribution in [0.1, 0.15) is 37.7 Å². The molecule has 0 saturated heterocycles. The topological polar surface area (TPSA) is 73.6 Å². The van der Waals surface area contributed by atoms with E-state index >= 15 is 0 Å². The van der Waals surface area contributed by atoms with E-state index in [0.717, 1.165) is 29.9 Å². The molecule has 6 heteroatoms. The highest BCUT2D eigenvalue weighted by Crippen LogP contribution is 2.26. The van der Waals surface area contributed by atoms with Crippen molar-refractivity contribution in [1.29, 1.82) is 0 Å². The molecule has 3 N–H and O–H groups in total. The lowest BCUT2D eigenvalue weighted by atomic mass is 9.84. The minimum absolute atomic E-state index is 0. The predicted octanol–water partition coefficient (Wildman–Crippen LogP) is 2.69. The summed E-state index contributed by atoms with van der Waals surface area (Å²) in [5.74, 6) is 2.06. The molecule has 2 atom stereocenters. The van der Waals surface area contributed by atoms with Crippen molar-refractivity contribution in [3.8, 4) is 11.5 Å². The number of ether oxygens (including phenoxy) is 2. The van der Waals surface area contributed by atoms with Crippen molar-refractivity contribution in [2.45, 2.75) is 44.6 Å². The predicted molar refractivity (Wildman–Crippen MR) is 98.1 cm³/mol. The van der Waals surface area contributed by atoms with Gasteiger partial charge in [0.15, 0.2) is 0 Å². The molecule has 0 bridgehead atoms. The van der Waals surface area contributed by atoms with E-state index in [1.807, 2.05) is 18.2 Å². The van der Waals surface area contributed by atoms with Gasteiger partial charge in [-0.3, -0.25) is 4.79 Å². The molecule has 0 aromatic heterocycles. The maximum atomic E-state index is 12.3. The van der Waals surface area contributed by atoms with E-state index in [0.29, 0.717) is 25.3 Å². The Kier molecular flexibility index (Phi) is 8.93. The summed E-state index contributed by atoms with van der Waals surface area (Å²) in [5, 5.41) is 3.17. The summed E-state index contributed by atoms with van der Waals surface area (Å²) < 4.78 is 10.6. The van der Waals surface area contributed by atoms with E-state index in [1.54, 1.807) is 14.2 Å². The Balaban J connectivity index is 0.00000288. The average Bonchev–Trinajstić information content (AvgIpc) is 2.60. The highest BCUT2D eigenvalue weighted by molar-refractivity contribution is 5.85. The van der Waals surface area contributed by atoms with Crippen LogP contribution in [-0.2, 0) is 11.2 Å². The Bertz CT molecular complexity index is 525. The highest BCUT2D eigenvalue weighted by atomic mass is 35.5. The number of aryl methyl sites for hydroxylation is 1. The number of nitrogens with one attached hydrogen (secondary N) is 1. The number of hydrogen-bond donors (Lipinski definition) is 2. The molecule has 0 heterocycles. The Labute approximate surface area is 150 Å². The van der Waals surface area contributed by atoms with Gasteiger partial charge in [-0.1, -0.05) is 12.8 Å². The minimum atomic E-state index is 0. The first-order valence-corrected chi connectivity index (χ1v) is 8.38. The monoisotopic (exact) mass is 356 g/mol. The number of hydrogen-bond acceptors (Lipinski definition) is 4. The number of nitrogens with two attached hydrogens (primary N) is 1. The van der Waals surface area contributed by atoms with E-state index in [-0.39, 0.29) is 24.4 Å². The molecule has 0 spiro atoms. The Morgan fingerprint density at radius 1 is 1.25 bits per heavy atom. The van der Waals surface area contributed by atoms with Crippen molar-refractivity contribution >= 4 is 18.3 Å². The van der Waals surface area contributed by atoms with Crippen LogP contribution in [0.5, 0.6) is 11.5 Å². The third kappa shape index (κ3) is 5.56. The fraction of sp³-hybridized carbons (Fsp3) is 0.611. The number of benzene rings is 1. The lowest BCUT2D eigenvalue weighted by Gasteiger charge is -2.31. The van der Waals surface area contributed by atoms with E-state index in [1.165, 1.54) is 12.8 Å². The van der Waals surface area contributed by atoms with Crippen molar-refractivity contribution < 1.29 is 14.3 Å². The zero-order chi connectivity index (χ0) is 16.7. The van der Waals surface area contributed by atoms with Crippen LogP contribution in [0.2, 0.25) is 0 Å². The SMILES string of the molecule is COc1ccc(OC)c(CCC(=O)NC2CCCCC2CN)c1.Cl. The molecule has 5 nitrogen and oxygen atoms in total. The summed E-state index contributed by atoms with van der Waals surface area (Å²) >= 11 is 0. The first-order valence-electron chi connectivity index (χ1n) is 8.38. The molecule has 1 amide bonds. The summed E-state index contributed by atoms with van der Waals surface area (Å²) in [6.07, 6.45) is 5.62. The molecule has 1 aromatic rings. The number of methoxy groups -OCH3 is 2. The van der Waals surface area contributed by atoms with Gasteiger partial charge in [-0.2, -0.15) is 0 Å². The second kappa shape index (κ2) is 10.4. The molecule has 0 radical (unpaired) electrons. The molecular weight excluding hydrogens is 328 g/mol. The molecule has 136 valence electrons. The van der Waals surface area contributed by atoms with Crippen LogP contribution >= 0.6 is 12.4 Å². The van der Waals surface area contributed by atoms with Crippen LogP contribution in [-0.4, -0.2) is 32.7 Å². The van der Waals surface area contributed by atoms with Crippen molar-refractivity contribution in [1.82, 2.24) is 5.32 Å². The third-order valence-corrected chi connectivity index (χ3v) is 4.67. The number of halogens is 1. The normalized spacial score (nSPS) is 20.0. The van der Waals surface area contributed by atoms with Crippen molar-refractivity contribution in [2.75, 3.05) is 20.8 Å². The summed E-state index contributed by atoms with van der Waals surface area (Å²) in [6, 6.07) is 5.89. The molecule has 1 aromatic carbocycles. The first-order chi connectivity index (χ1) is 11.2. The van der Waals surface area contributed by atoms with Crippen molar-refractivity contribution in [3.05, 3.63) is 23.8 Å². The second-order valence-corrected chi connectivity index (χ2v) is 6.13. The Morgan fingerprint density at radius 2 is 2.00 bits per heavy atom. The van der Waals surface area contributed by atoms with Gasteiger partial charge in [0, 0.05) is 12.5 Å². The van der Waals surface area contributed by atoms with Crippen LogP contribution in [0, 0.1) is 5.92 Å². The summed E-state index contributed by atoms with van der Waals surface area (Å²) in [6.45, 7) is 0.647. The molecule has 2 unspecified atom stereocenters. The minimum Gasteiger partial charge on any atom is -0.497 e. The lowest BCUT2D eigenvalue weighted by molar-refractivity contribution is -0.122. The van der Waals surface area contributed by atoms with E-state index in [9.17, 15) is 4.79 Å². The fourth-order valence-corrected chi connectivity index (χ4v) is 3.28. The summed E-state index contributed by atoms with van der Waals surface area (Å²) in [7, 11) is 3.27. The largest absolute Gasteiger partial charge is 0.497 e. The van der Waals surface area contributed by atoms with Gasteiger partial charge in [0.2, 0.25) is 5.91 Å². The van der Waals surface area contributed by atoms with Crippen LogP contribution in [0.25, 0.3) is 0 Å². The van der Waals surface area contributed by atoms with Gasteiger partial charge in [0.05, 0.1) is 14.2 Å². The summed E-state index contributed by atoms with van der Waals surface area (Å²) in [5.41, 5.74) is 6.81. The molecule has 1 fully saturated rings. The molecule has 2 rings (SSSR count). The maximum absolute atomic E-state index is 12.3.